The number of hydrogen-bond donors (Lipinski definition) is 2. The highest BCUT2D eigenvalue weighted by molar-refractivity contribution is 6.18. The molecule has 7 nitrogen and oxygen atoms in total. The number of aliphatic carboxylic acids is 1. The molecule has 16 heavy (non-hydrogen) atoms. The third-order valence-corrected chi connectivity index (χ3v) is 2.01. The number of rotatable bonds is 6. The summed E-state index contributed by atoms with van der Waals surface area (Å²) >= 11 is 5.34. The Morgan fingerprint density at radius 3 is 2.38 bits per heavy atom. The Kier molecular flexibility index (Phi) is 6.40. The van der Waals surface area contributed by atoms with E-state index in [1.807, 2.05) is 0 Å². The molecule has 2 N–H and O–H groups in total. The molecule has 0 saturated carbocycles. The van der Waals surface area contributed by atoms with E-state index in [4.69, 9.17) is 16.7 Å². The summed E-state index contributed by atoms with van der Waals surface area (Å²) in [7, 11) is 0. The van der Waals surface area contributed by atoms with Gasteiger partial charge in [0.25, 0.3) is 0 Å². The van der Waals surface area contributed by atoms with Crippen LogP contribution in [0.4, 0.5) is 4.79 Å². The predicted molar refractivity (Wildman–Crippen MR) is 58.0 cm³/mol. The molecule has 0 aliphatic carbocycles. The molecule has 0 bridgehead atoms. The van der Waals surface area contributed by atoms with Gasteiger partial charge < -0.3 is 10.4 Å². The number of carbonyl (C=O) groups is 2. The maximum atomic E-state index is 11.4. The fourth-order valence-corrected chi connectivity index (χ4v) is 1.14. The van der Waals surface area contributed by atoms with Crippen LogP contribution in [0.3, 0.4) is 0 Å². The van der Waals surface area contributed by atoms with Gasteiger partial charge >= 0.3 is 12.0 Å². The normalized spacial score (nSPS) is 12.0. The molecule has 0 fully saturated rings. The van der Waals surface area contributed by atoms with Gasteiger partial charge in [0.1, 0.15) is 6.04 Å². The Morgan fingerprint density at radius 2 is 2.06 bits per heavy atom. The molecule has 0 spiro atoms. The van der Waals surface area contributed by atoms with E-state index in [9.17, 15) is 14.5 Å². The third kappa shape index (κ3) is 4.43. The first-order valence-corrected chi connectivity index (χ1v) is 5.17. The van der Waals surface area contributed by atoms with Crippen molar-refractivity contribution in [1.29, 1.82) is 0 Å². The van der Waals surface area contributed by atoms with E-state index in [2.05, 4.69) is 10.6 Å². The van der Waals surface area contributed by atoms with Crippen molar-refractivity contribution in [2.45, 2.75) is 19.9 Å². The number of carbonyl (C=O) groups excluding carboxylic acids is 1. The van der Waals surface area contributed by atoms with E-state index >= 15 is 0 Å². The minimum atomic E-state index is -1.17. The number of hydrogen-bond acceptors (Lipinski definition) is 4. The topological polar surface area (TPSA) is 99.1 Å². The van der Waals surface area contributed by atoms with E-state index in [1.165, 1.54) is 0 Å². The van der Waals surface area contributed by atoms with Gasteiger partial charge in [-0.2, -0.15) is 5.01 Å². The van der Waals surface area contributed by atoms with Crippen molar-refractivity contribution in [3.63, 3.8) is 0 Å². The van der Waals surface area contributed by atoms with Crippen molar-refractivity contribution in [3.8, 4) is 0 Å². The lowest BCUT2D eigenvalue weighted by molar-refractivity contribution is -0.140. The highest BCUT2D eigenvalue weighted by Gasteiger charge is 2.26. The van der Waals surface area contributed by atoms with Crippen LogP contribution in [-0.2, 0) is 4.79 Å². The largest absolute Gasteiger partial charge is 0.480 e. The molecule has 2 amide bonds. The minimum Gasteiger partial charge on any atom is -0.480 e. The summed E-state index contributed by atoms with van der Waals surface area (Å²) in [6.07, 6.45) is 0. The molecule has 0 rings (SSSR count). The maximum absolute atomic E-state index is 11.4. The number of carboxylic acid groups (broad SMARTS) is 1. The molecule has 8 heteroatoms. The van der Waals surface area contributed by atoms with E-state index in [1.54, 1.807) is 13.8 Å². The van der Waals surface area contributed by atoms with Gasteiger partial charge in [-0.05, 0) is 5.92 Å². The molecular formula is C8H14ClN3O4. The molecule has 0 aromatic carbocycles. The average Bonchev–Trinajstić information content (AvgIpc) is 2.21. The first-order chi connectivity index (χ1) is 7.43. The van der Waals surface area contributed by atoms with Crippen LogP contribution >= 0.6 is 11.6 Å². The molecule has 0 aromatic heterocycles. The fourth-order valence-electron chi connectivity index (χ4n) is 0.981. The number of urea groups is 1. The van der Waals surface area contributed by atoms with Gasteiger partial charge in [0.05, 0.1) is 11.8 Å². The van der Waals surface area contributed by atoms with Gasteiger partial charge in [-0.15, -0.1) is 16.5 Å². The molecule has 0 aromatic rings. The van der Waals surface area contributed by atoms with Gasteiger partial charge in [0, 0.05) is 5.88 Å². The van der Waals surface area contributed by atoms with E-state index in [0.717, 1.165) is 0 Å². The smallest absolute Gasteiger partial charge is 0.341 e. The highest BCUT2D eigenvalue weighted by atomic mass is 35.5. The number of nitrogens with one attached hydrogen (secondary N) is 1. The van der Waals surface area contributed by atoms with Crippen LogP contribution in [0.2, 0.25) is 0 Å². The number of alkyl halides is 1. The maximum Gasteiger partial charge on any atom is 0.341 e. The number of nitrogens with zero attached hydrogens (tertiary/aromatic N) is 2. The van der Waals surface area contributed by atoms with Crippen molar-refractivity contribution in [1.82, 2.24) is 10.3 Å². The summed E-state index contributed by atoms with van der Waals surface area (Å²) < 4.78 is 0. The van der Waals surface area contributed by atoms with Crippen LogP contribution in [-0.4, -0.2) is 40.6 Å². The quantitative estimate of drug-likeness (QED) is 0.418. The molecule has 0 heterocycles. The molecule has 1 atom stereocenters. The summed E-state index contributed by atoms with van der Waals surface area (Å²) in [6.45, 7) is 3.21. The summed E-state index contributed by atoms with van der Waals surface area (Å²) in [5.41, 5.74) is 0. The van der Waals surface area contributed by atoms with Crippen molar-refractivity contribution in [2.24, 2.45) is 11.2 Å². The van der Waals surface area contributed by atoms with E-state index in [-0.39, 0.29) is 18.3 Å². The number of halogens is 1. The van der Waals surface area contributed by atoms with Crippen LogP contribution in [0.25, 0.3) is 0 Å². The van der Waals surface area contributed by atoms with Crippen LogP contribution < -0.4 is 5.32 Å². The highest BCUT2D eigenvalue weighted by Crippen LogP contribution is 2.03. The Morgan fingerprint density at radius 1 is 1.50 bits per heavy atom. The lowest BCUT2D eigenvalue weighted by atomic mass is 10.1. The van der Waals surface area contributed by atoms with Crippen molar-refractivity contribution in [2.75, 3.05) is 12.4 Å². The van der Waals surface area contributed by atoms with Crippen LogP contribution in [0.1, 0.15) is 13.8 Å². The van der Waals surface area contributed by atoms with Gasteiger partial charge in [0.15, 0.2) is 0 Å². The van der Waals surface area contributed by atoms with Gasteiger partial charge in [-0.3, -0.25) is 0 Å². The average molecular weight is 252 g/mol. The van der Waals surface area contributed by atoms with E-state index in [0.29, 0.717) is 5.01 Å². The molecule has 1 unspecified atom stereocenters. The zero-order valence-corrected chi connectivity index (χ0v) is 9.77. The Hall–Kier alpha value is -1.37. The zero-order chi connectivity index (χ0) is 12.7. The second kappa shape index (κ2) is 7.00. The second-order valence-corrected chi connectivity index (χ2v) is 3.78. The van der Waals surface area contributed by atoms with Crippen LogP contribution in [0, 0.1) is 10.8 Å². The Balaban J connectivity index is 4.49. The molecular weight excluding hydrogens is 238 g/mol. The number of nitroso groups, excluding NO2 is 1. The first-order valence-electron chi connectivity index (χ1n) is 4.64. The van der Waals surface area contributed by atoms with Gasteiger partial charge in [-0.1, -0.05) is 13.8 Å². The first kappa shape index (κ1) is 14.6. The van der Waals surface area contributed by atoms with E-state index < -0.39 is 18.0 Å². The van der Waals surface area contributed by atoms with Crippen molar-refractivity contribution < 1.29 is 14.7 Å². The molecule has 0 radical (unpaired) electrons. The number of carboxylic acids is 1. The third-order valence-electron chi connectivity index (χ3n) is 1.84. The summed E-state index contributed by atoms with van der Waals surface area (Å²) in [6, 6.07) is -1.93. The number of amides is 2. The molecule has 0 aliphatic rings. The second-order valence-electron chi connectivity index (χ2n) is 3.40. The van der Waals surface area contributed by atoms with Gasteiger partial charge in [-0.25, -0.2) is 9.59 Å². The van der Waals surface area contributed by atoms with Crippen LogP contribution in [0.15, 0.2) is 5.29 Å². The summed E-state index contributed by atoms with van der Waals surface area (Å²) in [5, 5.41) is 14.0. The molecule has 0 saturated heterocycles. The predicted octanol–water partition coefficient (Wildman–Crippen LogP) is 1.03. The summed E-state index contributed by atoms with van der Waals surface area (Å²) in [4.78, 5) is 32.4. The lowest BCUT2D eigenvalue weighted by Gasteiger charge is -2.20. The Bertz CT molecular complexity index is 272. The summed E-state index contributed by atoms with van der Waals surface area (Å²) in [5.74, 6) is -1.43. The monoisotopic (exact) mass is 251 g/mol. The zero-order valence-electron chi connectivity index (χ0n) is 9.01. The standard InChI is InChI=1S/C8H14ClN3O4/c1-5(2)6(7(13)14)10-8(15)12(11-16)4-3-9/h5-6H,3-4H2,1-2H3,(H,10,15)(H,13,14). The SMILES string of the molecule is CC(C)C(NC(=O)N(CCCl)N=O)C(=O)O. The minimum absolute atomic E-state index is 0.0403. The fraction of sp³-hybridized carbons (Fsp3) is 0.750. The van der Waals surface area contributed by atoms with Crippen LogP contribution in [0.5, 0.6) is 0 Å². The molecule has 0 aliphatic heterocycles. The van der Waals surface area contributed by atoms with Gasteiger partial charge in [0.2, 0.25) is 0 Å². The van der Waals surface area contributed by atoms with Crippen molar-refractivity contribution >= 4 is 23.6 Å². The molecule has 92 valence electrons. The van der Waals surface area contributed by atoms with Crippen molar-refractivity contribution in [3.05, 3.63) is 4.91 Å². The Labute approximate surface area is 97.7 Å². The lowest BCUT2D eigenvalue weighted by Crippen LogP contribution is -2.49.